The van der Waals surface area contributed by atoms with Crippen molar-refractivity contribution in [3.63, 3.8) is 0 Å². The first-order valence-electron chi connectivity index (χ1n) is 5.94. The van der Waals surface area contributed by atoms with E-state index in [1.165, 1.54) is 0 Å². The summed E-state index contributed by atoms with van der Waals surface area (Å²) in [6.45, 7) is 0.456. The molecule has 5 nitrogen and oxygen atoms in total. The van der Waals surface area contributed by atoms with Gasteiger partial charge in [0.05, 0.1) is 5.69 Å². The smallest absolute Gasteiger partial charge is 0.195 e. The molecule has 0 radical (unpaired) electrons. The van der Waals surface area contributed by atoms with Crippen LogP contribution in [0.15, 0.2) is 47.9 Å². The van der Waals surface area contributed by atoms with Crippen LogP contribution in [0.2, 0.25) is 0 Å². The van der Waals surface area contributed by atoms with Crippen molar-refractivity contribution in [3.8, 4) is 0 Å². The lowest BCUT2D eigenvalue weighted by Crippen LogP contribution is -2.03. The fraction of sp³-hybridized carbons (Fsp3) is 0.154. The Morgan fingerprint density at radius 2 is 2.11 bits per heavy atom. The van der Waals surface area contributed by atoms with Gasteiger partial charge in [0, 0.05) is 24.7 Å². The minimum atomic E-state index is 0.456. The fourth-order valence-corrected chi connectivity index (χ4v) is 2.79. The van der Waals surface area contributed by atoms with E-state index in [0.29, 0.717) is 6.54 Å². The number of hydrogen-bond donors (Lipinski definition) is 1. The molecule has 3 aromatic heterocycles. The van der Waals surface area contributed by atoms with E-state index >= 15 is 0 Å². The minimum Gasteiger partial charge on any atom is -0.325 e. The second-order valence-electron chi connectivity index (χ2n) is 4.01. The van der Waals surface area contributed by atoms with Crippen molar-refractivity contribution in [2.45, 2.75) is 17.5 Å². The van der Waals surface area contributed by atoms with Crippen molar-refractivity contribution in [1.29, 1.82) is 0 Å². The Morgan fingerprint density at radius 1 is 1.16 bits per heavy atom. The largest absolute Gasteiger partial charge is 0.325 e. The molecule has 0 fully saturated rings. The molecule has 3 heterocycles. The summed E-state index contributed by atoms with van der Waals surface area (Å²) in [5.41, 5.74) is 8.62. The average molecular weight is 271 g/mol. The highest BCUT2D eigenvalue weighted by Gasteiger charge is 2.07. The SMILES string of the molecule is NCc1ncccc1CSc1nnc2ccccn12. The molecule has 0 bridgehead atoms. The van der Waals surface area contributed by atoms with Gasteiger partial charge in [-0.25, -0.2) is 0 Å². The van der Waals surface area contributed by atoms with Gasteiger partial charge in [-0.1, -0.05) is 23.9 Å². The molecule has 0 aromatic carbocycles. The lowest BCUT2D eigenvalue weighted by atomic mass is 10.2. The van der Waals surface area contributed by atoms with Crippen LogP contribution in [0.1, 0.15) is 11.3 Å². The zero-order valence-corrected chi connectivity index (χ0v) is 11.0. The Kier molecular flexibility index (Phi) is 3.43. The number of nitrogens with two attached hydrogens (primary N) is 1. The standard InChI is InChI=1S/C13H13N5S/c14-8-11-10(4-3-6-15-11)9-19-13-17-16-12-5-1-2-7-18(12)13/h1-7H,8-9,14H2. The predicted octanol–water partition coefficient (Wildman–Crippen LogP) is 1.88. The van der Waals surface area contributed by atoms with Crippen LogP contribution in [0.4, 0.5) is 0 Å². The van der Waals surface area contributed by atoms with Gasteiger partial charge in [-0.2, -0.15) is 0 Å². The molecule has 0 atom stereocenters. The summed E-state index contributed by atoms with van der Waals surface area (Å²) < 4.78 is 1.98. The Hall–Kier alpha value is -1.92. The van der Waals surface area contributed by atoms with Crippen LogP contribution in [0, 0.1) is 0 Å². The van der Waals surface area contributed by atoms with Crippen molar-refractivity contribution in [2.24, 2.45) is 5.73 Å². The summed E-state index contributed by atoms with van der Waals surface area (Å²) in [6, 6.07) is 9.83. The van der Waals surface area contributed by atoms with E-state index in [4.69, 9.17) is 5.73 Å². The third-order valence-corrected chi connectivity index (χ3v) is 3.81. The van der Waals surface area contributed by atoms with Crippen molar-refractivity contribution in [2.75, 3.05) is 0 Å². The number of pyridine rings is 2. The first kappa shape index (κ1) is 12.1. The van der Waals surface area contributed by atoms with Gasteiger partial charge in [0.1, 0.15) is 0 Å². The van der Waals surface area contributed by atoms with E-state index < -0.39 is 0 Å². The maximum absolute atomic E-state index is 5.69. The van der Waals surface area contributed by atoms with Crippen molar-refractivity contribution in [3.05, 3.63) is 54.0 Å². The van der Waals surface area contributed by atoms with Gasteiger partial charge in [0.15, 0.2) is 10.8 Å². The van der Waals surface area contributed by atoms with Crippen LogP contribution in [-0.2, 0) is 12.3 Å². The average Bonchev–Trinajstić information content (AvgIpc) is 2.89. The van der Waals surface area contributed by atoms with E-state index in [1.54, 1.807) is 18.0 Å². The van der Waals surface area contributed by atoms with E-state index in [1.807, 2.05) is 40.9 Å². The predicted molar refractivity (Wildman–Crippen MR) is 74.7 cm³/mol. The molecular weight excluding hydrogens is 258 g/mol. The number of thioether (sulfide) groups is 1. The molecule has 96 valence electrons. The van der Waals surface area contributed by atoms with Crippen molar-refractivity contribution in [1.82, 2.24) is 19.6 Å². The number of aromatic nitrogens is 4. The molecule has 0 saturated heterocycles. The Labute approximate surface area is 114 Å². The van der Waals surface area contributed by atoms with Gasteiger partial charge in [-0.05, 0) is 23.8 Å². The molecule has 3 rings (SSSR count). The molecule has 2 N–H and O–H groups in total. The lowest BCUT2D eigenvalue weighted by molar-refractivity contribution is 0.917. The monoisotopic (exact) mass is 271 g/mol. The number of nitrogens with zero attached hydrogens (tertiary/aromatic N) is 4. The molecular formula is C13H13N5S. The molecule has 19 heavy (non-hydrogen) atoms. The summed E-state index contributed by atoms with van der Waals surface area (Å²) >= 11 is 1.63. The zero-order valence-electron chi connectivity index (χ0n) is 10.2. The second-order valence-corrected chi connectivity index (χ2v) is 4.96. The van der Waals surface area contributed by atoms with Crippen LogP contribution < -0.4 is 5.73 Å². The molecule has 3 aromatic rings. The first-order valence-corrected chi connectivity index (χ1v) is 6.92. The zero-order chi connectivity index (χ0) is 13.1. The Morgan fingerprint density at radius 3 is 3.00 bits per heavy atom. The summed E-state index contributed by atoms with van der Waals surface area (Å²) in [4.78, 5) is 4.28. The highest BCUT2D eigenvalue weighted by molar-refractivity contribution is 7.98. The Balaban J connectivity index is 1.82. The van der Waals surface area contributed by atoms with Gasteiger partial charge in [0.2, 0.25) is 0 Å². The van der Waals surface area contributed by atoms with E-state index in [-0.39, 0.29) is 0 Å². The van der Waals surface area contributed by atoms with Crippen LogP contribution in [-0.4, -0.2) is 19.6 Å². The summed E-state index contributed by atoms with van der Waals surface area (Å²) in [7, 11) is 0. The number of rotatable bonds is 4. The highest BCUT2D eigenvalue weighted by atomic mass is 32.2. The highest BCUT2D eigenvalue weighted by Crippen LogP contribution is 2.22. The molecule has 0 aliphatic heterocycles. The molecule has 0 saturated carbocycles. The normalized spacial score (nSPS) is 11.0. The number of hydrogen-bond acceptors (Lipinski definition) is 5. The van der Waals surface area contributed by atoms with E-state index in [9.17, 15) is 0 Å². The maximum Gasteiger partial charge on any atom is 0.195 e. The van der Waals surface area contributed by atoms with Gasteiger partial charge < -0.3 is 5.73 Å². The third-order valence-electron chi connectivity index (χ3n) is 2.82. The maximum atomic E-state index is 5.69. The molecule has 0 aliphatic rings. The van der Waals surface area contributed by atoms with Gasteiger partial charge >= 0.3 is 0 Å². The quantitative estimate of drug-likeness (QED) is 0.734. The molecule has 0 spiro atoms. The van der Waals surface area contributed by atoms with Crippen molar-refractivity contribution < 1.29 is 0 Å². The molecule has 6 heteroatoms. The molecule has 0 amide bonds. The van der Waals surface area contributed by atoms with Gasteiger partial charge in [0.25, 0.3) is 0 Å². The van der Waals surface area contributed by atoms with Crippen LogP contribution >= 0.6 is 11.8 Å². The second kappa shape index (κ2) is 5.38. The van der Waals surface area contributed by atoms with E-state index in [0.717, 1.165) is 27.8 Å². The summed E-state index contributed by atoms with van der Waals surface area (Å²) in [6.07, 6.45) is 3.73. The van der Waals surface area contributed by atoms with Crippen LogP contribution in [0.5, 0.6) is 0 Å². The van der Waals surface area contributed by atoms with Gasteiger partial charge in [-0.15, -0.1) is 10.2 Å². The van der Waals surface area contributed by atoms with Crippen molar-refractivity contribution >= 4 is 17.4 Å². The fourth-order valence-electron chi connectivity index (χ4n) is 1.85. The minimum absolute atomic E-state index is 0.456. The Bertz CT molecular complexity index is 694. The number of fused-ring (bicyclic) bond motifs is 1. The summed E-state index contributed by atoms with van der Waals surface area (Å²) in [5, 5.41) is 9.19. The molecule has 0 unspecified atom stereocenters. The topological polar surface area (TPSA) is 69.1 Å². The molecule has 0 aliphatic carbocycles. The lowest BCUT2D eigenvalue weighted by Gasteiger charge is -2.05. The van der Waals surface area contributed by atoms with Gasteiger partial charge in [-0.3, -0.25) is 9.38 Å². The van der Waals surface area contributed by atoms with E-state index in [2.05, 4.69) is 15.2 Å². The van der Waals surface area contributed by atoms with Crippen LogP contribution in [0.25, 0.3) is 5.65 Å². The van der Waals surface area contributed by atoms with Crippen LogP contribution in [0.3, 0.4) is 0 Å². The summed E-state index contributed by atoms with van der Waals surface area (Å²) in [5.74, 6) is 0.788. The first-order chi connectivity index (χ1) is 9.38. The third kappa shape index (κ3) is 2.45.